The van der Waals surface area contributed by atoms with Crippen molar-refractivity contribution in [3.8, 4) is 5.75 Å². The fourth-order valence-electron chi connectivity index (χ4n) is 2.00. The van der Waals surface area contributed by atoms with Gasteiger partial charge in [-0.25, -0.2) is 9.97 Å². The van der Waals surface area contributed by atoms with Crippen molar-refractivity contribution in [2.75, 3.05) is 12.8 Å². The van der Waals surface area contributed by atoms with Crippen molar-refractivity contribution in [3.05, 3.63) is 30.0 Å². The normalized spacial score (nSPS) is 11.0. The molecule has 2 N–H and O–H groups in total. The van der Waals surface area contributed by atoms with E-state index >= 15 is 0 Å². The van der Waals surface area contributed by atoms with Crippen LogP contribution in [0.5, 0.6) is 5.75 Å². The molecule has 0 aliphatic carbocycles. The highest BCUT2D eigenvalue weighted by Crippen LogP contribution is 2.28. The molecular formula is C13H12N4O. The number of rotatable bonds is 1. The van der Waals surface area contributed by atoms with Crippen molar-refractivity contribution in [2.45, 2.75) is 6.92 Å². The summed E-state index contributed by atoms with van der Waals surface area (Å²) in [6.07, 6.45) is 1.68. The number of hydrogen-bond donors (Lipinski definition) is 1. The topological polar surface area (TPSA) is 73.9 Å². The number of fused-ring (bicyclic) bond motifs is 2. The van der Waals surface area contributed by atoms with E-state index in [1.165, 1.54) is 0 Å². The molecule has 3 rings (SSSR count). The molecule has 0 unspecified atom stereocenters. The Morgan fingerprint density at radius 2 is 2.06 bits per heavy atom. The van der Waals surface area contributed by atoms with Crippen LogP contribution in [0.1, 0.15) is 5.56 Å². The predicted molar refractivity (Wildman–Crippen MR) is 70.5 cm³/mol. The number of nitrogens with zero attached hydrogens (tertiary/aromatic N) is 3. The Balaban J connectivity index is 2.48. The van der Waals surface area contributed by atoms with Crippen LogP contribution < -0.4 is 10.5 Å². The van der Waals surface area contributed by atoms with Gasteiger partial charge in [0, 0.05) is 17.0 Å². The van der Waals surface area contributed by atoms with Crippen molar-refractivity contribution in [3.63, 3.8) is 0 Å². The first-order valence-corrected chi connectivity index (χ1v) is 5.55. The quantitative estimate of drug-likeness (QED) is 0.659. The van der Waals surface area contributed by atoms with E-state index in [-0.39, 0.29) is 5.95 Å². The molecule has 0 bridgehead atoms. The zero-order chi connectivity index (χ0) is 12.7. The van der Waals surface area contributed by atoms with Crippen LogP contribution in [-0.2, 0) is 0 Å². The van der Waals surface area contributed by atoms with Crippen LogP contribution in [0.15, 0.2) is 24.4 Å². The lowest BCUT2D eigenvalue weighted by molar-refractivity contribution is 0.419. The van der Waals surface area contributed by atoms with Crippen LogP contribution in [0.3, 0.4) is 0 Å². The summed E-state index contributed by atoms with van der Waals surface area (Å²) in [5.41, 5.74) is 8.09. The van der Waals surface area contributed by atoms with Crippen LogP contribution in [-0.4, -0.2) is 22.1 Å². The highest BCUT2D eigenvalue weighted by atomic mass is 16.5. The zero-order valence-corrected chi connectivity index (χ0v) is 10.1. The third kappa shape index (κ3) is 1.52. The first-order valence-electron chi connectivity index (χ1n) is 5.55. The first-order chi connectivity index (χ1) is 8.69. The Hall–Kier alpha value is -2.43. The van der Waals surface area contributed by atoms with E-state index in [4.69, 9.17) is 10.5 Å². The third-order valence-corrected chi connectivity index (χ3v) is 2.95. The van der Waals surface area contributed by atoms with Gasteiger partial charge < -0.3 is 10.5 Å². The van der Waals surface area contributed by atoms with Gasteiger partial charge in [0.2, 0.25) is 5.95 Å². The highest BCUT2D eigenvalue weighted by Gasteiger charge is 2.08. The van der Waals surface area contributed by atoms with Gasteiger partial charge in [0.25, 0.3) is 0 Å². The van der Waals surface area contributed by atoms with Gasteiger partial charge in [0.1, 0.15) is 11.3 Å². The molecule has 0 aliphatic rings. The summed E-state index contributed by atoms with van der Waals surface area (Å²) in [5, 5.41) is 1.91. The summed E-state index contributed by atoms with van der Waals surface area (Å²) in [5.74, 6) is 0.954. The summed E-state index contributed by atoms with van der Waals surface area (Å²) >= 11 is 0. The summed E-state index contributed by atoms with van der Waals surface area (Å²) in [4.78, 5) is 12.6. The van der Waals surface area contributed by atoms with Crippen molar-refractivity contribution in [1.82, 2.24) is 15.0 Å². The molecule has 18 heavy (non-hydrogen) atoms. The highest BCUT2D eigenvalue weighted by molar-refractivity contribution is 5.95. The maximum absolute atomic E-state index is 5.57. The Bertz CT molecular complexity index is 755. The number of pyridine rings is 1. The summed E-state index contributed by atoms with van der Waals surface area (Å²) in [7, 11) is 1.63. The Morgan fingerprint density at radius 3 is 2.83 bits per heavy atom. The van der Waals surface area contributed by atoms with E-state index < -0.39 is 0 Å². The van der Waals surface area contributed by atoms with E-state index in [1.54, 1.807) is 13.3 Å². The van der Waals surface area contributed by atoms with E-state index in [0.717, 1.165) is 27.6 Å². The Labute approximate surface area is 104 Å². The fourth-order valence-corrected chi connectivity index (χ4v) is 2.00. The van der Waals surface area contributed by atoms with Gasteiger partial charge in [-0.2, -0.15) is 4.98 Å². The maximum Gasteiger partial charge on any atom is 0.222 e. The molecule has 1 aromatic carbocycles. The van der Waals surface area contributed by atoms with Crippen molar-refractivity contribution >= 4 is 27.9 Å². The minimum Gasteiger partial charge on any atom is -0.494 e. The lowest BCUT2D eigenvalue weighted by Gasteiger charge is -2.08. The van der Waals surface area contributed by atoms with Gasteiger partial charge in [-0.1, -0.05) is 6.07 Å². The van der Waals surface area contributed by atoms with E-state index in [9.17, 15) is 0 Å². The van der Waals surface area contributed by atoms with E-state index in [0.29, 0.717) is 5.65 Å². The van der Waals surface area contributed by atoms with Gasteiger partial charge in [0.15, 0.2) is 5.65 Å². The van der Waals surface area contributed by atoms with Crippen LogP contribution in [0, 0.1) is 6.92 Å². The van der Waals surface area contributed by atoms with Gasteiger partial charge in [0.05, 0.1) is 7.11 Å². The summed E-state index contributed by atoms with van der Waals surface area (Å²) in [6.45, 7) is 2.04. The van der Waals surface area contributed by atoms with Crippen LogP contribution in [0.25, 0.3) is 21.9 Å². The molecule has 0 fully saturated rings. The van der Waals surface area contributed by atoms with Gasteiger partial charge >= 0.3 is 0 Å². The number of nitrogens with two attached hydrogens (primary N) is 1. The molecule has 0 spiro atoms. The second kappa shape index (κ2) is 3.80. The number of hydrogen-bond acceptors (Lipinski definition) is 5. The van der Waals surface area contributed by atoms with Crippen molar-refractivity contribution in [1.29, 1.82) is 0 Å². The number of ether oxygens (including phenoxy) is 1. The molecule has 0 atom stereocenters. The predicted octanol–water partition coefficient (Wildman–Crippen LogP) is 2.08. The maximum atomic E-state index is 5.57. The number of methoxy groups -OCH3 is 1. The van der Waals surface area contributed by atoms with E-state index in [2.05, 4.69) is 15.0 Å². The van der Waals surface area contributed by atoms with Crippen molar-refractivity contribution < 1.29 is 4.74 Å². The molecule has 0 radical (unpaired) electrons. The lowest BCUT2D eigenvalue weighted by Crippen LogP contribution is -1.97. The standard InChI is InChI=1S/C13H12N4O/c1-7-3-4-10(18-2)11-9(7)5-8-6-15-13(14)17-12(8)16-11/h3-6H,1-2H3,(H2,14,15,16,17). The molecule has 3 aromatic rings. The molecule has 0 aliphatic heterocycles. The second-order valence-corrected chi connectivity index (χ2v) is 4.11. The van der Waals surface area contributed by atoms with Crippen LogP contribution >= 0.6 is 0 Å². The molecule has 0 amide bonds. The van der Waals surface area contributed by atoms with Crippen molar-refractivity contribution in [2.24, 2.45) is 0 Å². The number of anilines is 1. The molecule has 5 nitrogen and oxygen atoms in total. The molecule has 0 saturated carbocycles. The van der Waals surface area contributed by atoms with Crippen LogP contribution in [0.4, 0.5) is 5.95 Å². The smallest absolute Gasteiger partial charge is 0.222 e. The second-order valence-electron chi connectivity index (χ2n) is 4.11. The minimum atomic E-state index is 0.223. The average molecular weight is 240 g/mol. The lowest BCUT2D eigenvalue weighted by atomic mass is 10.1. The first kappa shape index (κ1) is 10.7. The number of aryl methyl sites for hydroxylation is 1. The average Bonchev–Trinajstić information content (AvgIpc) is 2.37. The number of aromatic nitrogens is 3. The SMILES string of the molecule is COc1ccc(C)c2cc3cnc(N)nc3nc12. The minimum absolute atomic E-state index is 0.223. The fraction of sp³-hybridized carbons (Fsp3) is 0.154. The molecule has 90 valence electrons. The van der Waals surface area contributed by atoms with Gasteiger partial charge in [-0.3, -0.25) is 0 Å². The largest absolute Gasteiger partial charge is 0.494 e. The molecule has 0 saturated heterocycles. The Morgan fingerprint density at radius 1 is 1.22 bits per heavy atom. The Kier molecular flexibility index (Phi) is 2.26. The summed E-state index contributed by atoms with van der Waals surface area (Å²) < 4.78 is 5.32. The van der Waals surface area contributed by atoms with Gasteiger partial charge in [-0.15, -0.1) is 0 Å². The molecular weight excluding hydrogens is 228 g/mol. The molecule has 2 heterocycles. The third-order valence-electron chi connectivity index (χ3n) is 2.95. The summed E-state index contributed by atoms with van der Waals surface area (Å²) in [6, 6.07) is 5.92. The van der Waals surface area contributed by atoms with E-state index in [1.807, 2.05) is 25.1 Å². The number of nitrogen functional groups attached to an aromatic ring is 1. The van der Waals surface area contributed by atoms with Gasteiger partial charge in [-0.05, 0) is 24.6 Å². The zero-order valence-electron chi connectivity index (χ0n) is 10.1. The number of benzene rings is 1. The monoisotopic (exact) mass is 240 g/mol. The molecule has 5 heteroatoms. The van der Waals surface area contributed by atoms with Crippen LogP contribution in [0.2, 0.25) is 0 Å². The molecule has 2 aromatic heterocycles.